The molecule has 6 heteroatoms. The summed E-state index contributed by atoms with van der Waals surface area (Å²) < 4.78 is 9.22. The van der Waals surface area contributed by atoms with E-state index in [9.17, 15) is 9.59 Å². The molecule has 1 aromatic carbocycles. The molecule has 1 atom stereocenters. The van der Waals surface area contributed by atoms with Crippen LogP contribution in [0.15, 0.2) is 24.3 Å². The number of unbranched alkanes of at least 4 members (excludes halogenated alkanes) is 1. The maximum absolute atomic E-state index is 12.0. The molecule has 0 saturated carbocycles. The van der Waals surface area contributed by atoms with Crippen LogP contribution < -0.4 is 11.1 Å². The van der Waals surface area contributed by atoms with Gasteiger partial charge in [0.1, 0.15) is 6.61 Å². The predicted molar refractivity (Wildman–Crippen MR) is 84.3 cm³/mol. The van der Waals surface area contributed by atoms with Gasteiger partial charge in [-0.1, -0.05) is 25.5 Å². The number of hydrogen-bond acceptors (Lipinski definition) is 5. The van der Waals surface area contributed by atoms with Crippen molar-refractivity contribution in [3.8, 4) is 0 Å². The van der Waals surface area contributed by atoms with Crippen LogP contribution in [0.2, 0.25) is 0 Å². The lowest BCUT2D eigenvalue weighted by Crippen LogP contribution is -2.20. The van der Waals surface area contributed by atoms with Crippen LogP contribution in [0.4, 0.5) is 10.5 Å². The number of carbonyl (C=O) groups is 2. The SMILES string of the molecule is COC(=O)OCc1ccc(NC(=O)C(C)CCCCN)cc1. The van der Waals surface area contributed by atoms with Crippen LogP contribution in [0.3, 0.4) is 0 Å². The smallest absolute Gasteiger partial charge is 0.438 e. The molecule has 0 spiro atoms. The third kappa shape index (κ3) is 6.58. The number of nitrogens with one attached hydrogen (secondary N) is 1. The second-order valence-electron chi connectivity index (χ2n) is 5.11. The maximum Gasteiger partial charge on any atom is 0.508 e. The number of hydrogen-bond donors (Lipinski definition) is 2. The Bertz CT molecular complexity index is 474. The van der Waals surface area contributed by atoms with Crippen molar-refractivity contribution in [1.29, 1.82) is 0 Å². The van der Waals surface area contributed by atoms with E-state index in [-0.39, 0.29) is 18.4 Å². The van der Waals surface area contributed by atoms with Crippen molar-refractivity contribution < 1.29 is 19.1 Å². The molecule has 0 heterocycles. The van der Waals surface area contributed by atoms with E-state index in [1.165, 1.54) is 7.11 Å². The Morgan fingerprint density at radius 2 is 1.91 bits per heavy atom. The minimum atomic E-state index is -0.719. The molecular weight excluding hydrogens is 284 g/mol. The Kier molecular flexibility index (Phi) is 7.99. The summed E-state index contributed by atoms with van der Waals surface area (Å²) in [5.74, 6) is -0.0514. The first-order chi connectivity index (χ1) is 10.6. The standard InChI is InChI=1S/C16H24N2O4/c1-12(5-3-4-10-17)15(19)18-14-8-6-13(7-9-14)11-22-16(20)21-2/h6-9,12H,3-5,10-11,17H2,1-2H3,(H,18,19). The molecule has 0 saturated heterocycles. The van der Waals surface area contributed by atoms with Crippen molar-refractivity contribution >= 4 is 17.7 Å². The zero-order valence-electron chi connectivity index (χ0n) is 13.1. The summed E-state index contributed by atoms with van der Waals surface area (Å²) >= 11 is 0. The van der Waals surface area contributed by atoms with Gasteiger partial charge in [0, 0.05) is 11.6 Å². The van der Waals surface area contributed by atoms with E-state index < -0.39 is 6.16 Å². The highest BCUT2D eigenvalue weighted by Gasteiger charge is 2.12. The highest BCUT2D eigenvalue weighted by atomic mass is 16.7. The third-order valence-corrected chi connectivity index (χ3v) is 3.28. The lowest BCUT2D eigenvalue weighted by molar-refractivity contribution is -0.119. The van der Waals surface area contributed by atoms with Crippen LogP contribution in [0.25, 0.3) is 0 Å². The van der Waals surface area contributed by atoms with Gasteiger partial charge in [-0.25, -0.2) is 4.79 Å². The van der Waals surface area contributed by atoms with E-state index in [0.717, 1.165) is 30.5 Å². The molecule has 22 heavy (non-hydrogen) atoms. The number of benzene rings is 1. The maximum atomic E-state index is 12.0. The molecule has 0 aliphatic heterocycles. The molecular formula is C16H24N2O4. The van der Waals surface area contributed by atoms with Gasteiger partial charge in [0.2, 0.25) is 5.91 Å². The molecule has 1 amide bonds. The molecule has 0 aromatic heterocycles. The number of amides is 1. The van der Waals surface area contributed by atoms with E-state index in [1.807, 2.05) is 6.92 Å². The molecule has 0 bridgehead atoms. The molecule has 3 N–H and O–H groups in total. The third-order valence-electron chi connectivity index (χ3n) is 3.28. The Morgan fingerprint density at radius 1 is 1.23 bits per heavy atom. The van der Waals surface area contributed by atoms with Crippen LogP contribution in [-0.4, -0.2) is 25.7 Å². The number of nitrogens with two attached hydrogens (primary N) is 1. The zero-order valence-corrected chi connectivity index (χ0v) is 13.1. The monoisotopic (exact) mass is 308 g/mol. The largest absolute Gasteiger partial charge is 0.508 e. The van der Waals surface area contributed by atoms with Crippen LogP contribution in [0.1, 0.15) is 31.7 Å². The van der Waals surface area contributed by atoms with Crippen molar-refractivity contribution in [2.45, 2.75) is 32.8 Å². The van der Waals surface area contributed by atoms with Gasteiger partial charge in [-0.05, 0) is 37.1 Å². The van der Waals surface area contributed by atoms with Gasteiger partial charge in [-0.15, -0.1) is 0 Å². The van der Waals surface area contributed by atoms with E-state index >= 15 is 0 Å². The molecule has 6 nitrogen and oxygen atoms in total. The minimum Gasteiger partial charge on any atom is -0.438 e. The molecule has 122 valence electrons. The molecule has 0 fully saturated rings. The zero-order chi connectivity index (χ0) is 16.4. The molecule has 0 aliphatic carbocycles. The molecule has 1 rings (SSSR count). The first-order valence-electron chi connectivity index (χ1n) is 7.37. The van der Waals surface area contributed by atoms with Crippen LogP contribution in [0.5, 0.6) is 0 Å². The molecule has 1 aromatic rings. The number of carbonyl (C=O) groups excluding carboxylic acids is 2. The average molecular weight is 308 g/mol. The van der Waals surface area contributed by atoms with E-state index in [4.69, 9.17) is 10.5 Å². The van der Waals surface area contributed by atoms with Gasteiger partial charge in [0.05, 0.1) is 7.11 Å². The molecule has 0 aliphatic rings. The van der Waals surface area contributed by atoms with Crippen molar-refractivity contribution in [3.05, 3.63) is 29.8 Å². The van der Waals surface area contributed by atoms with E-state index in [1.54, 1.807) is 24.3 Å². The normalized spacial score (nSPS) is 11.6. The highest BCUT2D eigenvalue weighted by Crippen LogP contribution is 2.14. The second kappa shape index (κ2) is 9.78. The Hall–Kier alpha value is -2.08. The van der Waals surface area contributed by atoms with Gasteiger partial charge >= 0.3 is 6.16 Å². The Morgan fingerprint density at radius 3 is 2.50 bits per heavy atom. The fraction of sp³-hybridized carbons (Fsp3) is 0.500. The van der Waals surface area contributed by atoms with Crippen molar-refractivity contribution in [3.63, 3.8) is 0 Å². The summed E-state index contributed by atoms with van der Waals surface area (Å²) in [4.78, 5) is 22.9. The molecule has 0 radical (unpaired) electrons. The van der Waals surface area contributed by atoms with Crippen molar-refractivity contribution in [2.24, 2.45) is 11.7 Å². The van der Waals surface area contributed by atoms with Gasteiger partial charge in [-0.2, -0.15) is 0 Å². The highest BCUT2D eigenvalue weighted by molar-refractivity contribution is 5.92. The van der Waals surface area contributed by atoms with Gasteiger partial charge in [0.15, 0.2) is 0 Å². The minimum absolute atomic E-state index is 0.00409. The first-order valence-corrected chi connectivity index (χ1v) is 7.37. The van der Waals surface area contributed by atoms with Gasteiger partial charge < -0.3 is 20.5 Å². The van der Waals surface area contributed by atoms with Crippen molar-refractivity contribution in [1.82, 2.24) is 0 Å². The second-order valence-corrected chi connectivity index (χ2v) is 5.11. The van der Waals surface area contributed by atoms with Crippen molar-refractivity contribution in [2.75, 3.05) is 19.0 Å². The van der Waals surface area contributed by atoms with Crippen LogP contribution >= 0.6 is 0 Å². The number of anilines is 1. The molecule has 1 unspecified atom stereocenters. The van der Waals surface area contributed by atoms with Crippen LogP contribution in [0, 0.1) is 5.92 Å². The van der Waals surface area contributed by atoms with Crippen LogP contribution in [-0.2, 0) is 20.9 Å². The Labute approximate surface area is 131 Å². The van der Waals surface area contributed by atoms with E-state index in [0.29, 0.717) is 6.54 Å². The summed E-state index contributed by atoms with van der Waals surface area (Å²) in [5.41, 5.74) is 6.98. The summed E-state index contributed by atoms with van der Waals surface area (Å²) in [6.07, 6.45) is 2.00. The summed E-state index contributed by atoms with van der Waals surface area (Å²) in [5, 5.41) is 2.87. The first kappa shape index (κ1) is 18.0. The summed E-state index contributed by atoms with van der Waals surface area (Å²) in [6.45, 7) is 2.70. The fourth-order valence-corrected chi connectivity index (χ4v) is 1.88. The topological polar surface area (TPSA) is 90.6 Å². The van der Waals surface area contributed by atoms with Gasteiger partial charge in [-0.3, -0.25) is 4.79 Å². The fourth-order valence-electron chi connectivity index (χ4n) is 1.88. The van der Waals surface area contributed by atoms with Gasteiger partial charge in [0.25, 0.3) is 0 Å². The quantitative estimate of drug-likeness (QED) is 0.569. The number of ether oxygens (including phenoxy) is 2. The number of methoxy groups -OCH3 is 1. The number of rotatable bonds is 8. The Balaban J connectivity index is 2.42. The predicted octanol–water partition coefficient (Wildman–Crippen LogP) is 2.67. The summed E-state index contributed by atoms with van der Waals surface area (Å²) in [6, 6.07) is 7.14. The lowest BCUT2D eigenvalue weighted by atomic mass is 10.0. The van der Waals surface area contributed by atoms with E-state index in [2.05, 4.69) is 10.1 Å². The summed E-state index contributed by atoms with van der Waals surface area (Å²) in [7, 11) is 1.26. The average Bonchev–Trinajstić information content (AvgIpc) is 2.53. The lowest BCUT2D eigenvalue weighted by Gasteiger charge is -2.12.